The van der Waals surface area contributed by atoms with Crippen molar-refractivity contribution in [3.63, 3.8) is 0 Å². The van der Waals surface area contributed by atoms with Crippen LogP contribution < -0.4 is 15.4 Å². The van der Waals surface area contributed by atoms with Gasteiger partial charge in [-0.05, 0) is 54.7 Å². The minimum atomic E-state index is -0.383. The van der Waals surface area contributed by atoms with Crippen LogP contribution in [-0.4, -0.2) is 31.1 Å². The fourth-order valence-electron chi connectivity index (χ4n) is 3.73. The number of pyridine rings is 1. The van der Waals surface area contributed by atoms with Gasteiger partial charge in [-0.1, -0.05) is 0 Å². The Balaban J connectivity index is 1.84. The SMILES string of the molecule is COc1ccc2c(c1)Cc1c(C(N)=O)cc(N3CCCCC3)nc1-2. The van der Waals surface area contributed by atoms with Gasteiger partial charge in [-0.2, -0.15) is 0 Å². The van der Waals surface area contributed by atoms with E-state index in [-0.39, 0.29) is 5.91 Å². The molecule has 0 atom stereocenters. The van der Waals surface area contributed by atoms with Crippen molar-refractivity contribution in [2.75, 3.05) is 25.1 Å². The molecular formula is C19H21N3O2. The average molecular weight is 323 g/mol. The fraction of sp³-hybridized carbons (Fsp3) is 0.368. The van der Waals surface area contributed by atoms with Gasteiger partial charge in [-0.15, -0.1) is 0 Å². The van der Waals surface area contributed by atoms with Gasteiger partial charge in [-0.25, -0.2) is 4.98 Å². The van der Waals surface area contributed by atoms with Crippen molar-refractivity contribution in [3.8, 4) is 17.0 Å². The Morgan fingerprint density at radius 2 is 2.00 bits per heavy atom. The zero-order valence-corrected chi connectivity index (χ0v) is 13.8. The summed E-state index contributed by atoms with van der Waals surface area (Å²) in [6, 6.07) is 7.85. The maximum absolute atomic E-state index is 12.0. The first kappa shape index (κ1) is 15.0. The second-order valence-corrected chi connectivity index (χ2v) is 6.47. The predicted molar refractivity (Wildman–Crippen MR) is 93.6 cm³/mol. The molecule has 0 bridgehead atoms. The van der Waals surface area contributed by atoms with E-state index < -0.39 is 0 Å². The number of ether oxygens (including phenoxy) is 1. The van der Waals surface area contributed by atoms with E-state index in [4.69, 9.17) is 15.5 Å². The molecule has 5 heteroatoms. The lowest BCUT2D eigenvalue weighted by Gasteiger charge is -2.28. The van der Waals surface area contributed by atoms with Gasteiger partial charge in [0.15, 0.2) is 0 Å². The monoisotopic (exact) mass is 323 g/mol. The van der Waals surface area contributed by atoms with Gasteiger partial charge in [0.2, 0.25) is 5.91 Å². The largest absolute Gasteiger partial charge is 0.497 e. The standard InChI is InChI=1S/C19H21N3O2/c1-24-13-5-6-14-12(9-13)10-15-16(19(20)23)11-17(21-18(14)15)22-7-3-2-4-8-22/h5-6,9,11H,2-4,7-8,10H2,1H3,(H2,20,23). The molecular weight excluding hydrogens is 302 g/mol. The molecule has 2 aliphatic rings. The fourth-order valence-corrected chi connectivity index (χ4v) is 3.73. The summed E-state index contributed by atoms with van der Waals surface area (Å²) in [7, 11) is 1.66. The Hall–Kier alpha value is -2.56. The van der Waals surface area contributed by atoms with Crippen LogP contribution in [0.4, 0.5) is 5.82 Å². The Morgan fingerprint density at radius 1 is 1.21 bits per heavy atom. The molecule has 24 heavy (non-hydrogen) atoms. The number of benzene rings is 1. The molecule has 1 amide bonds. The number of rotatable bonds is 3. The molecule has 0 radical (unpaired) electrons. The van der Waals surface area contributed by atoms with E-state index in [1.807, 2.05) is 24.3 Å². The van der Waals surface area contributed by atoms with Crippen molar-refractivity contribution < 1.29 is 9.53 Å². The van der Waals surface area contributed by atoms with E-state index in [1.165, 1.54) is 19.3 Å². The number of methoxy groups -OCH3 is 1. The van der Waals surface area contributed by atoms with Crippen molar-refractivity contribution in [3.05, 3.63) is 41.0 Å². The number of carbonyl (C=O) groups excluding carboxylic acids is 1. The molecule has 0 spiro atoms. The topological polar surface area (TPSA) is 68.5 Å². The average Bonchev–Trinajstić information content (AvgIpc) is 2.98. The van der Waals surface area contributed by atoms with Crippen molar-refractivity contribution in [1.29, 1.82) is 0 Å². The molecule has 1 fully saturated rings. The summed E-state index contributed by atoms with van der Waals surface area (Å²) in [5.41, 5.74) is 10.3. The molecule has 2 N–H and O–H groups in total. The Bertz CT molecular complexity index is 810. The van der Waals surface area contributed by atoms with Crippen LogP contribution in [0.3, 0.4) is 0 Å². The molecule has 0 saturated carbocycles. The highest BCUT2D eigenvalue weighted by molar-refractivity contribution is 5.98. The lowest BCUT2D eigenvalue weighted by Crippen LogP contribution is -2.30. The Kier molecular flexibility index (Phi) is 3.63. The van der Waals surface area contributed by atoms with Gasteiger partial charge < -0.3 is 15.4 Å². The lowest BCUT2D eigenvalue weighted by atomic mass is 10.0. The zero-order chi connectivity index (χ0) is 16.7. The van der Waals surface area contributed by atoms with Gasteiger partial charge in [0.25, 0.3) is 0 Å². The molecule has 2 heterocycles. The van der Waals surface area contributed by atoms with Crippen LogP contribution in [0.1, 0.15) is 40.7 Å². The van der Waals surface area contributed by atoms with E-state index in [2.05, 4.69) is 4.90 Å². The summed E-state index contributed by atoms with van der Waals surface area (Å²) >= 11 is 0. The molecule has 2 aromatic rings. The number of primary amides is 1. The van der Waals surface area contributed by atoms with Gasteiger partial charge in [0, 0.05) is 30.6 Å². The first-order chi connectivity index (χ1) is 11.7. The lowest BCUT2D eigenvalue weighted by molar-refractivity contribution is 0.0999. The number of fused-ring (bicyclic) bond motifs is 3. The highest BCUT2D eigenvalue weighted by atomic mass is 16.5. The number of aromatic nitrogens is 1. The van der Waals surface area contributed by atoms with E-state index in [1.54, 1.807) is 7.11 Å². The van der Waals surface area contributed by atoms with Crippen molar-refractivity contribution in [2.24, 2.45) is 5.73 Å². The van der Waals surface area contributed by atoms with Crippen LogP contribution >= 0.6 is 0 Å². The first-order valence-corrected chi connectivity index (χ1v) is 8.43. The summed E-state index contributed by atoms with van der Waals surface area (Å²) in [5, 5.41) is 0. The van der Waals surface area contributed by atoms with E-state index in [0.717, 1.165) is 47.0 Å². The predicted octanol–water partition coefficient (Wildman–Crippen LogP) is 2.75. The molecule has 5 nitrogen and oxygen atoms in total. The van der Waals surface area contributed by atoms with Gasteiger partial charge >= 0.3 is 0 Å². The van der Waals surface area contributed by atoms with Crippen molar-refractivity contribution in [1.82, 2.24) is 4.98 Å². The maximum atomic E-state index is 12.0. The normalized spacial score (nSPS) is 15.8. The highest BCUT2D eigenvalue weighted by Crippen LogP contribution is 2.40. The van der Waals surface area contributed by atoms with Crippen LogP contribution in [0.15, 0.2) is 24.3 Å². The van der Waals surface area contributed by atoms with Crippen LogP contribution in [0.5, 0.6) is 5.75 Å². The number of piperidine rings is 1. The number of nitrogens with zero attached hydrogens (tertiary/aromatic N) is 2. The van der Waals surface area contributed by atoms with E-state index in [9.17, 15) is 4.79 Å². The van der Waals surface area contributed by atoms with Crippen LogP contribution in [0, 0.1) is 0 Å². The van der Waals surface area contributed by atoms with Crippen molar-refractivity contribution in [2.45, 2.75) is 25.7 Å². The molecule has 0 unspecified atom stereocenters. The minimum Gasteiger partial charge on any atom is -0.497 e. The number of carbonyl (C=O) groups is 1. The third-order valence-electron chi connectivity index (χ3n) is 4.99. The van der Waals surface area contributed by atoms with E-state index >= 15 is 0 Å². The zero-order valence-electron chi connectivity index (χ0n) is 13.8. The van der Waals surface area contributed by atoms with Crippen molar-refractivity contribution >= 4 is 11.7 Å². The summed E-state index contributed by atoms with van der Waals surface area (Å²) < 4.78 is 5.31. The minimum absolute atomic E-state index is 0.383. The number of hydrogen-bond acceptors (Lipinski definition) is 4. The molecule has 1 aliphatic heterocycles. The summed E-state index contributed by atoms with van der Waals surface area (Å²) in [5.74, 6) is 1.30. The van der Waals surface area contributed by atoms with Crippen LogP contribution in [0.25, 0.3) is 11.3 Å². The van der Waals surface area contributed by atoms with E-state index in [0.29, 0.717) is 12.0 Å². The molecule has 1 aromatic heterocycles. The molecule has 124 valence electrons. The second-order valence-electron chi connectivity index (χ2n) is 6.47. The number of hydrogen-bond donors (Lipinski definition) is 1. The van der Waals surface area contributed by atoms with Gasteiger partial charge in [-0.3, -0.25) is 4.79 Å². The quantitative estimate of drug-likeness (QED) is 0.805. The molecule has 4 rings (SSSR count). The molecule has 1 saturated heterocycles. The van der Waals surface area contributed by atoms with Crippen LogP contribution in [-0.2, 0) is 6.42 Å². The Morgan fingerprint density at radius 3 is 2.71 bits per heavy atom. The second kappa shape index (κ2) is 5.82. The Labute approximate surface area is 141 Å². The van der Waals surface area contributed by atoms with Gasteiger partial charge in [0.1, 0.15) is 11.6 Å². The third-order valence-corrected chi connectivity index (χ3v) is 4.99. The highest BCUT2D eigenvalue weighted by Gasteiger charge is 2.27. The smallest absolute Gasteiger partial charge is 0.249 e. The molecule has 1 aromatic carbocycles. The number of nitrogens with two attached hydrogens (primary N) is 1. The number of amides is 1. The summed E-state index contributed by atoms with van der Waals surface area (Å²) in [6.07, 6.45) is 4.26. The van der Waals surface area contributed by atoms with Crippen LogP contribution in [0.2, 0.25) is 0 Å². The summed E-state index contributed by atoms with van der Waals surface area (Å²) in [4.78, 5) is 19.2. The van der Waals surface area contributed by atoms with Gasteiger partial charge in [0.05, 0.1) is 12.8 Å². The molecule has 1 aliphatic carbocycles. The number of anilines is 1. The third kappa shape index (κ3) is 2.40. The first-order valence-electron chi connectivity index (χ1n) is 8.43. The maximum Gasteiger partial charge on any atom is 0.249 e. The summed E-state index contributed by atoms with van der Waals surface area (Å²) in [6.45, 7) is 1.97.